The van der Waals surface area contributed by atoms with Crippen LogP contribution in [0.3, 0.4) is 0 Å². The topological polar surface area (TPSA) is 38.9 Å². The number of thiophene rings is 1. The zero-order chi connectivity index (χ0) is 29.4. The molecule has 0 N–H and O–H groups in total. The minimum absolute atomic E-state index is 0. The fraction of sp³-hybridized carbons (Fsp3) is 0.211. The number of pyridine rings is 2. The van der Waals surface area contributed by atoms with Crippen LogP contribution < -0.4 is 0 Å². The Balaban J connectivity index is 0.000000221. The molecule has 0 spiro atoms. The maximum Gasteiger partial charge on any atom is 0.122 e. The molecule has 0 saturated heterocycles. The van der Waals surface area contributed by atoms with Gasteiger partial charge in [-0.25, -0.2) is 0 Å². The van der Waals surface area contributed by atoms with E-state index in [0.29, 0.717) is 0 Å². The van der Waals surface area contributed by atoms with Crippen LogP contribution in [0, 0.1) is 38.3 Å². The van der Waals surface area contributed by atoms with Crippen molar-refractivity contribution in [3.05, 3.63) is 119 Å². The van der Waals surface area contributed by atoms with E-state index in [1.54, 1.807) is 11.3 Å². The fourth-order valence-corrected chi connectivity index (χ4v) is 6.18. The zero-order valence-electron chi connectivity index (χ0n) is 25.3. The first-order valence-corrected chi connectivity index (χ1v) is 15.1. The summed E-state index contributed by atoms with van der Waals surface area (Å²) in [5.74, 6) is 0. The van der Waals surface area contributed by atoms with Crippen molar-refractivity contribution in [3.8, 4) is 22.5 Å². The Morgan fingerprint density at radius 1 is 0.814 bits per heavy atom. The van der Waals surface area contributed by atoms with Gasteiger partial charge in [0.1, 0.15) is 5.58 Å². The largest absolute Gasteiger partial charge is 0.501 e. The molecule has 0 aliphatic heterocycles. The third-order valence-electron chi connectivity index (χ3n) is 7.28. The SMILES string of the molecule is Cc1cc2cc3c(cc2s1)oc1c(-c2cc(CC(C)(C)C)c(C)cn2)[c-]ccc13.Cc1ccc(-c2[c-]cccc2)nc1.[Ir]. The number of aryl methyl sites for hydroxylation is 3. The van der Waals surface area contributed by atoms with E-state index in [1.165, 1.54) is 31.7 Å². The third kappa shape index (κ3) is 6.80. The number of benzene rings is 3. The normalized spacial score (nSPS) is 11.4. The molecule has 0 unspecified atom stereocenters. The van der Waals surface area contributed by atoms with E-state index in [9.17, 15) is 0 Å². The molecule has 0 aliphatic rings. The number of aromatic nitrogens is 2. The number of rotatable bonds is 3. The molecule has 1 radical (unpaired) electrons. The molecular weight excluding hydrogens is 725 g/mol. The Morgan fingerprint density at radius 2 is 1.63 bits per heavy atom. The minimum Gasteiger partial charge on any atom is -0.501 e. The van der Waals surface area contributed by atoms with Crippen molar-refractivity contribution in [2.45, 2.75) is 48.0 Å². The predicted octanol–water partition coefficient (Wildman–Crippen LogP) is 10.7. The van der Waals surface area contributed by atoms with Crippen molar-refractivity contribution in [2.24, 2.45) is 5.41 Å². The first-order chi connectivity index (χ1) is 20.1. The second-order valence-corrected chi connectivity index (χ2v) is 13.5. The summed E-state index contributed by atoms with van der Waals surface area (Å²) in [5.41, 5.74) is 9.66. The summed E-state index contributed by atoms with van der Waals surface area (Å²) in [7, 11) is 0. The average Bonchev–Trinajstić information content (AvgIpc) is 3.51. The zero-order valence-corrected chi connectivity index (χ0v) is 28.5. The summed E-state index contributed by atoms with van der Waals surface area (Å²) in [6, 6.07) is 31.4. The summed E-state index contributed by atoms with van der Waals surface area (Å²) < 4.78 is 7.63. The number of hydrogen-bond acceptors (Lipinski definition) is 4. The second-order valence-electron chi connectivity index (χ2n) is 12.2. The van der Waals surface area contributed by atoms with E-state index in [4.69, 9.17) is 9.40 Å². The molecule has 0 saturated carbocycles. The Kier molecular flexibility index (Phi) is 8.99. The van der Waals surface area contributed by atoms with Crippen LogP contribution in [-0.4, -0.2) is 9.97 Å². The number of nitrogens with zero attached hydrogens (tertiary/aromatic N) is 2. The molecule has 4 aromatic heterocycles. The van der Waals surface area contributed by atoms with Gasteiger partial charge >= 0.3 is 0 Å². The molecule has 219 valence electrons. The maximum atomic E-state index is 6.36. The van der Waals surface area contributed by atoms with E-state index >= 15 is 0 Å². The molecule has 0 amide bonds. The molecule has 7 rings (SSSR count). The van der Waals surface area contributed by atoms with Crippen molar-refractivity contribution in [3.63, 3.8) is 0 Å². The quantitative estimate of drug-likeness (QED) is 0.169. The van der Waals surface area contributed by atoms with Crippen LogP contribution in [0.2, 0.25) is 0 Å². The number of fused-ring (bicyclic) bond motifs is 4. The molecule has 0 atom stereocenters. The van der Waals surface area contributed by atoms with Crippen LogP contribution in [0.1, 0.15) is 42.3 Å². The Labute approximate surface area is 271 Å². The van der Waals surface area contributed by atoms with Crippen molar-refractivity contribution in [1.29, 1.82) is 0 Å². The van der Waals surface area contributed by atoms with Crippen LogP contribution in [0.15, 0.2) is 89.6 Å². The van der Waals surface area contributed by atoms with Gasteiger partial charge in [-0.2, -0.15) is 0 Å². The van der Waals surface area contributed by atoms with E-state index in [-0.39, 0.29) is 25.5 Å². The van der Waals surface area contributed by atoms with Crippen LogP contribution in [0.4, 0.5) is 0 Å². The predicted molar refractivity (Wildman–Crippen MR) is 177 cm³/mol. The summed E-state index contributed by atoms with van der Waals surface area (Å²) in [6.07, 6.45) is 4.86. The van der Waals surface area contributed by atoms with Gasteiger partial charge in [-0.3, -0.25) is 0 Å². The Bertz CT molecular complexity index is 2020. The summed E-state index contributed by atoms with van der Waals surface area (Å²) in [5, 5.41) is 3.56. The molecule has 3 aromatic carbocycles. The molecule has 0 fully saturated rings. The van der Waals surface area contributed by atoms with E-state index < -0.39 is 0 Å². The molecule has 4 heterocycles. The van der Waals surface area contributed by atoms with Gasteiger partial charge < -0.3 is 14.4 Å². The van der Waals surface area contributed by atoms with Crippen LogP contribution in [0.5, 0.6) is 0 Å². The number of furan rings is 1. The van der Waals surface area contributed by atoms with Gasteiger partial charge in [0.05, 0.1) is 5.58 Å². The van der Waals surface area contributed by atoms with Gasteiger partial charge in [0.15, 0.2) is 0 Å². The number of hydrogen-bond donors (Lipinski definition) is 0. The first kappa shape index (κ1) is 30.8. The molecule has 3 nitrogen and oxygen atoms in total. The van der Waals surface area contributed by atoms with Gasteiger partial charge in [-0.1, -0.05) is 55.5 Å². The van der Waals surface area contributed by atoms with Crippen molar-refractivity contribution in [2.75, 3.05) is 0 Å². The first-order valence-electron chi connectivity index (χ1n) is 14.3. The maximum absolute atomic E-state index is 6.36. The Morgan fingerprint density at radius 3 is 2.35 bits per heavy atom. The van der Waals surface area contributed by atoms with E-state index in [1.807, 2.05) is 55.7 Å². The Hall–Kier alpha value is -3.63. The van der Waals surface area contributed by atoms with Crippen molar-refractivity contribution >= 4 is 43.4 Å². The molecular formula is C38H34IrN2OS-2. The van der Waals surface area contributed by atoms with Crippen LogP contribution in [0.25, 0.3) is 54.5 Å². The smallest absolute Gasteiger partial charge is 0.122 e. The van der Waals surface area contributed by atoms with Gasteiger partial charge in [0.25, 0.3) is 0 Å². The van der Waals surface area contributed by atoms with Crippen molar-refractivity contribution < 1.29 is 24.5 Å². The summed E-state index contributed by atoms with van der Waals surface area (Å²) in [4.78, 5) is 10.4. The van der Waals surface area contributed by atoms with E-state index in [2.05, 4.69) is 88.1 Å². The van der Waals surface area contributed by atoms with E-state index in [0.717, 1.165) is 50.9 Å². The van der Waals surface area contributed by atoms with Gasteiger partial charge in [-0.05, 0) is 78.7 Å². The second kappa shape index (κ2) is 12.5. The standard InChI is InChI=1S/C26H24NOS.C12H10N.Ir/c1-15-14-27-22(11-18(15)13-26(3,4)5)20-8-6-7-19-21-10-17-9-16(2)29-24(17)12-23(21)28-25(19)20;1-10-7-8-12(13-9-10)11-5-3-2-4-6-11;/h6-7,9-12,14H,13H2,1-5H3;2-5,7-9H,1H3;/q2*-1;. The van der Waals surface area contributed by atoms with Gasteiger partial charge in [0, 0.05) is 47.5 Å². The van der Waals surface area contributed by atoms with Gasteiger partial charge in [-0.15, -0.1) is 65.4 Å². The molecule has 43 heavy (non-hydrogen) atoms. The third-order valence-corrected chi connectivity index (χ3v) is 8.29. The minimum atomic E-state index is 0. The molecule has 5 heteroatoms. The molecule has 7 aromatic rings. The van der Waals surface area contributed by atoms with Crippen molar-refractivity contribution in [1.82, 2.24) is 9.97 Å². The molecule has 0 aliphatic carbocycles. The van der Waals surface area contributed by atoms with Crippen LogP contribution in [-0.2, 0) is 26.5 Å². The van der Waals surface area contributed by atoms with Crippen LogP contribution >= 0.6 is 11.3 Å². The fourth-order valence-electron chi connectivity index (χ4n) is 5.24. The molecule has 0 bridgehead atoms. The summed E-state index contributed by atoms with van der Waals surface area (Å²) in [6.45, 7) is 13.1. The summed E-state index contributed by atoms with van der Waals surface area (Å²) >= 11 is 1.81. The average molecular weight is 759 g/mol. The van der Waals surface area contributed by atoms with Gasteiger partial charge in [0.2, 0.25) is 0 Å². The monoisotopic (exact) mass is 759 g/mol.